The molecule has 0 spiro atoms. The Labute approximate surface area is 118 Å². The fraction of sp³-hybridized carbons (Fsp3) is 0.100. The molecule has 2 N–H and O–H groups in total. The highest BCUT2D eigenvalue weighted by molar-refractivity contribution is 9.10. The number of sulfonamides is 1. The van der Waals surface area contributed by atoms with E-state index in [0.29, 0.717) is 4.47 Å². The lowest BCUT2D eigenvalue weighted by atomic mass is 10.4. The molecule has 0 unspecified atom stereocenters. The number of hydrogen-bond acceptors (Lipinski definition) is 6. The topological polar surface area (TPSA) is 96.9 Å². The van der Waals surface area contributed by atoms with Gasteiger partial charge in [-0.15, -0.1) is 0 Å². The van der Waals surface area contributed by atoms with Crippen LogP contribution >= 0.6 is 15.9 Å². The molecule has 0 amide bonds. The highest BCUT2D eigenvalue weighted by Crippen LogP contribution is 2.23. The minimum atomic E-state index is -3.81. The van der Waals surface area contributed by atoms with E-state index < -0.39 is 10.0 Å². The number of nitrogens with zero attached hydrogens (tertiary/aromatic N) is 3. The average Bonchev–Trinajstić information content (AvgIpc) is 2.39. The number of nitrogens with one attached hydrogen (secondary N) is 2. The Kier molecular flexibility index (Phi) is 3.96. The lowest BCUT2D eigenvalue weighted by Crippen LogP contribution is -2.17. The van der Waals surface area contributed by atoms with Gasteiger partial charge in [0.05, 0.1) is 0 Å². The Balaban J connectivity index is 2.42. The summed E-state index contributed by atoms with van der Waals surface area (Å²) < 4.78 is 27.3. The summed E-state index contributed by atoms with van der Waals surface area (Å²) in [6.45, 7) is 0. The van der Waals surface area contributed by atoms with Crippen molar-refractivity contribution in [3.8, 4) is 0 Å². The number of hydrogen-bond donors (Lipinski definition) is 2. The minimum absolute atomic E-state index is 0.00419. The highest BCUT2D eigenvalue weighted by Gasteiger charge is 2.20. The molecule has 2 aromatic rings. The fourth-order valence-electron chi connectivity index (χ4n) is 1.34. The van der Waals surface area contributed by atoms with Crippen LogP contribution in [-0.4, -0.2) is 30.4 Å². The molecule has 0 saturated heterocycles. The molecule has 2 rings (SSSR count). The first-order chi connectivity index (χ1) is 9.03. The van der Waals surface area contributed by atoms with E-state index in [-0.39, 0.29) is 16.7 Å². The number of aromatic nitrogens is 3. The van der Waals surface area contributed by atoms with Crippen LogP contribution < -0.4 is 10.0 Å². The largest absolute Gasteiger partial charge is 0.372 e. The lowest BCUT2D eigenvalue weighted by Gasteiger charge is -2.10. The van der Waals surface area contributed by atoms with Crippen molar-refractivity contribution in [3.63, 3.8) is 0 Å². The zero-order chi connectivity index (χ0) is 13.9. The van der Waals surface area contributed by atoms with Crippen molar-refractivity contribution in [1.29, 1.82) is 0 Å². The summed E-state index contributed by atoms with van der Waals surface area (Å²) >= 11 is 3.19. The predicted octanol–water partition coefficient (Wildman–Crippen LogP) is 1.48. The molecule has 19 heavy (non-hydrogen) atoms. The van der Waals surface area contributed by atoms with Crippen molar-refractivity contribution in [2.75, 3.05) is 17.1 Å². The van der Waals surface area contributed by atoms with E-state index in [2.05, 4.69) is 40.9 Å². The second-order valence-corrected chi connectivity index (χ2v) is 5.99. The first-order valence-corrected chi connectivity index (χ1v) is 7.43. The van der Waals surface area contributed by atoms with Gasteiger partial charge in [-0.05, 0) is 28.1 Å². The normalized spacial score (nSPS) is 11.1. The van der Waals surface area contributed by atoms with Crippen LogP contribution in [0.4, 0.5) is 11.8 Å². The second-order valence-electron chi connectivity index (χ2n) is 3.43. The molecule has 100 valence electrons. The van der Waals surface area contributed by atoms with Gasteiger partial charge in [0.2, 0.25) is 5.95 Å². The van der Waals surface area contributed by atoms with Crippen molar-refractivity contribution in [1.82, 2.24) is 15.0 Å². The molecule has 2 heterocycles. The molecule has 0 aliphatic heterocycles. The second kappa shape index (κ2) is 5.49. The maximum absolute atomic E-state index is 12.2. The molecule has 0 bridgehead atoms. The first-order valence-electron chi connectivity index (χ1n) is 5.16. The van der Waals surface area contributed by atoms with Crippen molar-refractivity contribution >= 4 is 37.7 Å². The number of rotatable bonds is 4. The average molecular weight is 344 g/mol. The SMILES string of the molecule is CNc1ncc(Br)cc1S(=O)(=O)Nc1ncccn1. The van der Waals surface area contributed by atoms with Gasteiger partial charge in [0.1, 0.15) is 10.7 Å². The van der Waals surface area contributed by atoms with E-state index in [1.165, 1.54) is 24.7 Å². The molecule has 0 fully saturated rings. The van der Waals surface area contributed by atoms with Crippen molar-refractivity contribution in [3.05, 3.63) is 35.2 Å². The Hall–Kier alpha value is -1.74. The Morgan fingerprint density at radius 3 is 2.53 bits per heavy atom. The Bertz CT molecular complexity index is 678. The highest BCUT2D eigenvalue weighted by atomic mass is 79.9. The minimum Gasteiger partial charge on any atom is -0.372 e. The summed E-state index contributed by atoms with van der Waals surface area (Å²) in [7, 11) is -2.22. The summed E-state index contributed by atoms with van der Waals surface area (Å²) in [6, 6.07) is 3.04. The standard InChI is InChI=1S/C10H10BrN5O2S/c1-12-9-8(5-7(11)6-15-9)19(17,18)16-10-13-3-2-4-14-10/h2-6H,1H3,(H,12,15)(H,13,14,16). The molecule has 0 aromatic carbocycles. The molecule has 9 heteroatoms. The van der Waals surface area contributed by atoms with Crippen LogP contribution in [-0.2, 0) is 10.0 Å². The van der Waals surface area contributed by atoms with E-state index in [9.17, 15) is 8.42 Å². The summed E-state index contributed by atoms with van der Waals surface area (Å²) in [5.41, 5.74) is 0. The van der Waals surface area contributed by atoms with Gasteiger partial charge in [-0.2, -0.15) is 0 Å². The molecule has 0 aliphatic carbocycles. The Morgan fingerprint density at radius 2 is 1.89 bits per heavy atom. The maximum atomic E-state index is 12.2. The molecule has 0 saturated carbocycles. The fourth-order valence-corrected chi connectivity index (χ4v) is 2.97. The van der Waals surface area contributed by atoms with Crippen molar-refractivity contribution in [2.45, 2.75) is 4.90 Å². The predicted molar refractivity (Wildman–Crippen MR) is 74.3 cm³/mol. The van der Waals surface area contributed by atoms with Crippen molar-refractivity contribution < 1.29 is 8.42 Å². The molecule has 0 aliphatic rings. The first kappa shape index (κ1) is 13.7. The molecule has 7 nitrogen and oxygen atoms in total. The van der Waals surface area contributed by atoms with E-state index in [4.69, 9.17) is 0 Å². The van der Waals surface area contributed by atoms with Gasteiger partial charge in [0, 0.05) is 30.1 Å². The summed E-state index contributed by atoms with van der Waals surface area (Å²) in [5, 5.41) is 2.72. The summed E-state index contributed by atoms with van der Waals surface area (Å²) in [6.07, 6.45) is 4.40. The van der Waals surface area contributed by atoms with Crippen LogP contribution in [0.2, 0.25) is 0 Å². The third-order valence-corrected chi connectivity index (χ3v) is 3.91. The van der Waals surface area contributed by atoms with Crippen LogP contribution in [0, 0.1) is 0 Å². The number of halogens is 1. The Morgan fingerprint density at radius 1 is 1.21 bits per heavy atom. The third-order valence-electron chi connectivity index (χ3n) is 2.14. The third kappa shape index (κ3) is 3.18. The zero-order valence-electron chi connectivity index (χ0n) is 9.83. The lowest BCUT2D eigenvalue weighted by molar-refractivity contribution is 0.600. The van der Waals surface area contributed by atoms with Gasteiger partial charge in [0.25, 0.3) is 10.0 Å². The zero-order valence-corrected chi connectivity index (χ0v) is 12.2. The van der Waals surface area contributed by atoms with Crippen LogP contribution in [0.3, 0.4) is 0 Å². The van der Waals surface area contributed by atoms with Crippen molar-refractivity contribution in [2.24, 2.45) is 0 Å². The quantitative estimate of drug-likeness (QED) is 0.872. The van der Waals surface area contributed by atoms with E-state index in [0.717, 1.165) is 0 Å². The van der Waals surface area contributed by atoms with Gasteiger partial charge >= 0.3 is 0 Å². The molecular weight excluding hydrogens is 334 g/mol. The monoisotopic (exact) mass is 343 g/mol. The van der Waals surface area contributed by atoms with Crippen LogP contribution in [0.1, 0.15) is 0 Å². The molecule has 0 atom stereocenters. The van der Waals surface area contributed by atoms with Gasteiger partial charge < -0.3 is 5.32 Å². The number of pyridine rings is 1. The smallest absolute Gasteiger partial charge is 0.267 e. The van der Waals surface area contributed by atoms with Gasteiger partial charge in [0.15, 0.2) is 0 Å². The number of anilines is 2. The molecule has 2 aromatic heterocycles. The molecule has 0 radical (unpaired) electrons. The van der Waals surface area contributed by atoms with E-state index in [1.807, 2.05) is 0 Å². The summed E-state index contributed by atoms with van der Waals surface area (Å²) in [4.78, 5) is 11.6. The van der Waals surface area contributed by atoms with Crippen LogP contribution in [0.15, 0.2) is 40.1 Å². The maximum Gasteiger partial charge on any atom is 0.267 e. The van der Waals surface area contributed by atoms with E-state index in [1.54, 1.807) is 13.1 Å². The van der Waals surface area contributed by atoms with E-state index >= 15 is 0 Å². The van der Waals surface area contributed by atoms with Gasteiger partial charge in [-0.3, -0.25) is 0 Å². The van der Waals surface area contributed by atoms with Crippen LogP contribution in [0.5, 0.6) is 0 Å². The van der Waals surface area contributed by atoms with Gasteiger partial charge in [-0.1, -0.05) is 0 Å². The van der Waals surface area contributed by atoms with Crippen LogP contribution in [0.25, 0.3) is 0 Å². The summed E-state index contributed by atoms with van der Waals surface area (Å²) in [5.74, 6) is 0.246. The van der Waals surface area contributed by atoms with Gasteiger partial charge in [-0.25, -0.2) is 28.1 Å². The molecular formula is C10H10BrN5O2S.